The third-order valence-electron chi connectivity index (χ3n) is 2.42. The van der Waals surface area contributed by atoms with Gasteiger partial charge in [0.2, 0.25) is 5.91 Å². The number of Topliss-reactive ketones (excluding diaryl/α,β-unsaturated/α-hetero) is 1. The van der Waals surface area contributed by atoms with Crippen LogP contribution in [0.5, 0.6) is 0 Å². The summed E-state index contributed by atoms with van der Waals surface area (Å²) < 4.78 is 0. The lowest BCUT2D eigenvalue weighted by molar-refractivity contribution is -0.121. The molecule has 0 spiro atoms. The lowest BCUT2D eigenvalue weighted by Gasteiger charge is -2.03. The number of carbonyl (C=O) groups excluding carboxylic acids is 2. The Morgan fingerprint density at radius 2 is 1.78 bits per heavy atom. The minimum Gasteiger partial charge on any atom is -0.355 e. The first-order chi connectivity index (χ1) is 8.13. The van der Waals surface area contributed by atoms with Crippen LogP contribution in [-0.2, 0) is 4.79 Å². The topological polar surface area (TPSA) is 72.2 Å². The molecular formula is C13H19ClN2O2. The van der Waals surface area contributed by atoms with Crippen LogP contribution >= 0.6 is 12.4 Å². The van der Waals surface area contributed by atoms with Crippen molar-refractivity contribution in [2.75, 3.05) is 13.1 Å². The average Bonchev–Trinajstić information content (AvgIpc) is 2.34. The number of rotatable bonds is 6. The number of benzene rings is 1. The molecule has 3 N–H and O–H groups in total. The Kier molecular flexibility index (Phi) is 8.00. The Balaban J connectivity index is 0.00000289. The van der Waals surface area contributed by atoms with Crippen molar-refractivity contribution < 1.29 is 9.59 Å². The standard InChI is InChI=1S/C13H18N2O2.ClH/c1-10-2-4-11(5-3-10)12(16)6-7-13(17)15-9-8-14;/h2-5H,6-9,14H2,1H3,(H,15,17);1H. The molecule has 4 nitrogen and oxygen atoms in total. The molecule has 1 aromatic rings. The first kappa shape index (κ1) is 16.6. The second kappa shape index (κ2) is 8.66. The van der Waals surface area contributed by atoms with Crippen molar-refractivity contribution in [2.45, 2.75) is 19.8 Å². The molecule has 100 valence electrons. The van der Waals surface area contributed by atoms with E-state index in [2.05, 4.69) is 5.32 Å². The van der Waals surface area contributed by atoms with Crippen molar-refractivity contribution in [3.63, 3.8) is 0 Å². The van der Waals surface area contributed by atoms with Gasteiger partial charge >= 0.3 is 0 Å². The molecule has 18 heavy (non-hydrogen) atoms. The van der Waals surface area contributed by atoms with Crippen LogP contribution in [0.4, 0.5) is 0 Å². The summed E-state index contributed by atoms with van der Waals surface area (Å²) in [5.74, 6) is -0.135. The number of amides is 1. The van der Waals surface area contributed by atoms with Crippen LogP contribution in [0.1, 0.15) is 28.8 Å². The first-order valence-electron chi connectivity index (χ1n) is 5.70. The van der Waals surface area contributed by atoms with Gasteiger partial charge in [0.25, 0.3) is 0 Å². The van der Waals surface area contributed by atoms with Crippen molar-refractivity contribution in [1.29, 1.82) is 0 Å². The molecule has 1 amide bonds. The largest absolute Gasteiger partial charge is 0.355 e. The first-order valence-corrected chi connectivity index (χ1v) is 5.70. The fourth-order valence-corrected chi connectivity index (χ4v) is 1.41. The van der Waals surface area contributed by atoms with Crippen LogP contribution in [0.3, 0.4) is 0 Å². The van der Waals surface area contributed by atoms with E-state index in [0.29, 0.717) is 18.7 Å². The summed E-state index contributed by atoms with van der Waals surface area (Å²) in [6.07, 6.45) is 0.451. The van der Waals surface area contributed by atoms with Crippen molar-refractivity contribution >= 4 is 24.1 Å². The summed E-state index contributed by atoms with van der Waals surface area (Å²) in [5, 5.41) is 2.63. The Bertz CT molecular complexity index is 390. The number of ketones is 1. The molecule has 0 aliphatic rings. The summed E-state index contributed by atoms with van der Waals surface area (Å²) >= 11 is 0. The highest BCUT2D eigenvalue weighted by molar-refractivity contribution is 5.97. The van der Waals surface area contributed by atoms with Crippen LogP contribution in [0.25, 0.3) is 0 Å². The molecule has 0 atom stereocenters. The molecule has 5 heteroatoms. The van der Waals surface area contributed by atoms with Gasteiger partial charge in [0.05, 0.1) is 0 Å². The van der Waals surface area contributed by atoms with E-state index in [1.54, 1.807) is 12.1 Å². The highest BCUT2D eigenvalue weighted by Crippen LogP contribution is 2.07. The van der Waals surface area contributed by atoms with Gasteiger partial charge in [-0.1, -0.05) is 29.8 Å². The summed E-state index contributed by atoms with van der Waals surface area (Å²) in [7, 11) is 0. The molecule has 0 saturated carbocycles. The second-order valence-electron chi connectivity index (χ2n) is 3.93. The molecule has 0 bridgehead atoms. The van der Waals surface area contributed by atoms with Crippen LogP contribution in [-0.4, -0.2) is 24.8 Å². The van der Waals surface area contributed by atoms with E-state index in [4.69, 9.17) is 5.73 Å². The molecule has 0 heterocycles. The molecule has 0 unspecified atom stereocenters. The van der Waals surface area contributed by atoms with Crippen molar-refractivity contribution in [3.8, 4) is 0 Å². The van der Waals surface area contributed by atoms with Crippen molar-refractivity contribution in [3.05, 3.63) is 35.4 Å². The zero-order valence-electron chi connectivity index (χ0n) is 10.4. The van der Waals surface area contributed by atoms with Gasteiger partial charge in [0.1, 0.15) is 0 Å². The normalized spacial score (nSPS) is 9.44. The number of nitrogens with one attached hydrogen (secondary N) is 1. The molecule has 1 aromatic carbocycles. The van der Waals surface area contributed by atoms with Gasteiger partial charge in [-0.3, -0.25) is 9.59 Å². The van der Waals surface area contributed by atoms with E-state index in [1.807, 2.05) is 19.1 Å². The van der Waals surface area contributed by atoms with Gasteiger partial charge in [0, 0.05) is 31.5 Å². The fraction of sp³-hybridized carbons (Fsp3) is 0.385. The van der Waals surface area contributed by atoms with Crippen LogP contribution in [0.2, 0.25) is 0 Å². The number of aryl methyl sites for hydroxylation is 1. The number of carbonyl (C=O) groups is 2. The minimum absolute atomic E-state index is 0. The highest BCUT2D eigenvalue weighted by Gasteiger charge is 2.08. The van der Waals surface area contributed by atoms with E-state index < -0.39 is 0 Å². The predicted molar refractivity (Wildman–Crippen MR) is 74.1 cm³/mol. The van der Waals surface area contributed by atoms with Crippen LogP contribution in [0, 0.1) is 6.92 Å². The number of hydrogen-bond donors (Lipinski definition) is 2. The van der Waals surface area contributed by atoms with E-state index in [1.165, 1.54) is 0 Å². The van der Waals surface area contributed by atoms with E-state index >= 15 is 0 Å². The van der Waals surface area contributed by atoms with Gasteiger partial charge in [-0.2, -0.15) is 0 Å². The second-order valence-corrected chi connectivity index (χ2v) is 3.93. The molecule has 0 aliphatic carbocycles. The fourth-order valence-electron chi connectivity index (χ4n) is 1.41. The Hall–Kier alpha value is -1.39. The van der Waals surface area contributed by atoms with Crippen LogP contribution < -0.4 is 11.1 Å². The zero-order valence-corrected chi connectivity index (χ0v) is 11.3. The molecule has 0 fully saturated rings. The van der Waals surface area contributed by atoms with Crippen molar-refractivity contribution in [2.24, 2.45) is 5.73 Å². The van der Waals surface area contributed by atoms with Gasteiger partial charge in [-0.15, -0.1) is 12.4 Å². The number of nitrogens with two attached hydrogens (primary N) is 1. The predicted octanol–water partition coefficient (Wildman–Crippen LogP) is 1.45. The van der Waals surface area contributed by atoms with Crippen molar-refractivity contribution in [1.82, 2.24) is 5.32 Å². The average molecular weight is 271 g/mol. The SMILES string of the molecule is Cc1ccc(C(=O)CCC(=O)NCCN)cc1.Cl. The van der Waals surface area contributed by atoms with Gasteiger partial charge in [-0.05, 0) is 6.92 Å². The number of hydrogen-bond acceptors (Lipinski definition) is 3. The molecule has 0 saturated heterocycles. The molecular weight excluding hydrogens is 252 g/mol. The summed E-state index contributed by atoms with van der Waals surface area (Å²) in [6.45, 7) is 2.84. The summed E-state index contributed by atoms with van der Waals surface area (Å²) in [5.41, 5.74) is 7.02. The maximum absolute atomic E-state index is 11.7. The maximum Gasteiger partial charge on any atom is 0.220 e. The van der Waals surface area contributed by atoms with Gasteiger partial charge < -0.3 is 11.1 Å². The third kappa shape index (κ3) is 5.80. The Morgan fingerprint density at radius 1 is 1.17 bits per heavy atom. The highest BCUT2D eigenvalue weighted by atomic mass is 35.5. The smallest absolute Gasteiger partial charge is 0.220 e. The quantitative estimate of drug-likeness (QED) is 0.769. The monoisotopic (exact) mass is 270 g/mol. The zero-order chi connectivity index (χ0) is 12.7. The van der Waals surface area contributed by atoms with E-state index in [9.17, 15) is 9.59 Å². The maximum atomic E-state index is 11.7. The molecule has 1 rings (SSSR count). The minimum atomic E-state index is -0.129. The summed E-state index contributed by atoms with van der Waals surface area (Å²) in [4.78, 5) is 23.0. The van der Waals surface area contributed by atoms with Gasteiger partial charge in [0.15, 0.2) is 5.78 Å². The lowest BCUT2D eigenvalue weighted by atomic mass is 10.1. The molecule has 0 aliphatic heterocycles. The summed E-state index contributed by atoms with van der Waals surface area (Å²) in [6, 6.07) is 7.36. The van der Waals surface area contributed by atoms with E-state index in [0.717, 1.165) is 5.56 Å². The Labute approximate surface area is 113 Å². The van der Waals surface area contributed by atoms with Crippen LogP contribution in [0.15, 0.2) is 24.3 Å². The molecule has 0 radical (unpaired) electrons. The molecule has 0 aromatic heterocycles. The lowest BCUT2D eigenvalue weighted by Crippen LogP contribution is -2.29. The van der Waals surface area contributed by atoms with Gasteiger partial charge in [-0.25, -0.2) is 0 Å². The number of halogens is 1. The van der Waals surface area contributed by atoms with E-state index in [-0.39, 0.29) is 36.9 Å². The Morgan fingerprint density at radius 3 is 2.33 bits per heavy atom. The third-order valence-corrected chi connectivity index (χ3v) is 2.42.